The molecule has 0 spiro atoms. The first-order valence-corrected chi connectivity index (χ1v) is 6.17. The Morgan fingerprint density at radius 3 is 2.50 bits per heavy atom. The van der Waals surface area contributed by atoms with Crippen molar-refractivity contribution >= 4 is 17.7 Å². The van der Waals surface area contributed by atoms with Crippen LogP contribution < -0.4 is 5.32 Å². The van der Waals surface area contributed by atoms with Gasteiger partial charge in [-0.25, -0.2) is 9.18 Å². The number of benzene rings is 1. The predicted molar refractivity (Wildman–Crippen MR) is 72.2 cm³/mol. The summed E-state index contributed by atoms with van der Waals surface area (Å²) >= 11 is 0. The van der Waals surface area contributed by atoms with Crippen LogP contribution >= 0.6 is 0 Å². The number of hydrogen-bond acceptors (Lipinski definition) is 3. The summed E-state index contributed by atoms with van der Waals surface area (Å²) in [5.41, 5.74) is -0.111. The first-order valence-electron chi connectivity index (χ1n) is 6.17. The minimum atomic E-state index is -0.943. The van der Waals surface area contributed by atoms with Crippen molar-refractivity contribution in [1.29, 1.82) is 0 Å². The van der Waals surface area contributed by atoms with Crippen molar-refractivity contribution in [2.24, 2.45) is 0 Å². The Bertz CT molecular complexity index is 508. The smallest absolute Gasteiger partial charge is 0.412 e. The number of carbonyl (C=O) groups is 2. The lowest BCUT2D eigenvalue weighted by atomic mass is 10.1. The minimum Gasteiger partial charge on any atom is -0.481 e. The van der Waals surface area contributed by atoms with Crippen LogP contribution in [0.25, 0.3) is 0 Å². The largest absolute Gasteiger partial charge is 0.481 e. The van der Waals surface area contributed by atoms with Gasteiger partial charge in [-0.1, -0.05) is 6.07 Å². The number of halogens is 1. The molecule has 20 heavy (non-hydrogen) atoms. The average molecular weight is 283 g/mol. The SMILES string of the molecule is CC(C)(C)OC(=O)Nc1ccc(CCC(=O)O)cc1F. The van der Waals surface area contributed by atoms with Gasteiger partial charge in [0.15, 0.2) is 0 Å². The van der Waals surface area contributed by atoms with Crippen LogP contribution in [0.5, 0.6) is 0 Å². The third-order valence-electron chi connectivity index (χ3n) is 2.30. The number of ether oxygens (including phenoxy) is 1. The molecule has 1 aromatic carbocycles. The molecule has 0 aliphatic carbocycles. The molecule has 1 aromatic rings. The third-order valence-corrected chi connectivity index (χ3v) is 2.30. The van der Waals surface area contributed by atoms with Gasteiger partial charge >= 0.3 is 12.1 Å². The maximum Gasteiger partial charge on any atom is 0.412 e. The fourth-order valence-corrected chi connectivity index (χ4v) is 1.48. The van der Waals surface area contributed by atoms with E-state index in [1.54, 1.807) is 26.8 Å². The quantitative estimate of drug-likeness (QED) is 0.889. The normalized spacial score (nSPS) is 11.0. The summed E-state index contributed by atoms with van der Waals surface area (Å²) in [5.74, 6) is -1.57. The molecule has 0 fully saturated rings. The molecule has 5 nitrogen and oxygen atoms in total. The summed E-state index contributed by atoms with van der Waals surface area (Å²) in [6.45, 7) is 5.12. The van der Waals surface area contributed by atoms with Crippen LogP contribution in [-0.4, -0.2) is 22.8 Å². The number of amides is 1. The second-order valence-electron chi connectivity index (χ2n) is 5.33. The van der Waals surface area contributed by atoms with Crippen LogP contribution in [0.1, 0.15) is 32.8 Å². The molecule has 0 saturated carbocycles. The van der Waals surface area contributed by atoms with E-state index >= 15 is 0 Å². The van der Waals surface area contributed by atoms with Gasteiger partial charge in [-0.15, -0.1) is 0 Å². The Morgan fingerprint density at radius 1 is 1.35 bits per heavy atom. The summed E-state index contributed by atoms with van der Waals surface area (Å²) in [6, 6.07) is 4.16. The number of aliphatic carboxylic acids is 1. The number of carbonyl (C=O) groups excluding carboxylic acids is 1. The van der Waals surface area contributed by atoms with E-state index in [1.807, 2.05) is 0 Å². The molecule has 0 aromatic heterocycles. The lowest BCUT2D eigenvalue weighted by Gasteiger charge is -2.19. The molecule has 0 heterocycles. The van der Waals surface area contributed by atoms with Gasteiger partial charge < -0.3 is 9.84 Å². The van der Waals surface area contributed by atoms with E-state index in [1.165, 1.54) is 12.1 Å². The molecular weight excluding hydrogens is 265 g/mol. The monoisotopic (exact) mass is 283 g/mol. The Kier molecular flexibility index (Phi) is 5.07. The van der Waals surface area contributed by atoms with E-state index in [9.17, 15) is 14.0 Å². The molecular formula is C14H18FNO4. The lowest BCUT2D eigenvalue weighted by molar-refractivity contribution is -0.136. The molecule has 2 N–H and O–H groups in total. The Morgan fingerprint density at radius 2 is 2.00 bits per heavy atom. The van der Waals surface area contributed by atoms with E-state index in [0.717, 1.165) is 0 Å². The van der Waals surface area contributed by atoms with Gasteiger partial charge in [-0.2, -0.15) is 0 Å². The predicted octanol–water partition coefficient (Wildman–Crippen LogP) is 3.19. The van der Waals surface area contributed by atoms with Gasteiger partial charge in [0.2, 0.25) is 0 Å². The topological polar surface area (TPSA) is 75.6 Å². The van der Waals surface area contributed by atoms with Crippen LogP contribution in [-0.2, 0) is 16.0 Å². The highest BCUT2D eigenvalue weighted by molar-refractivity contribution is 5.85. The molecule has 1 rings (SSSR count). The Labute approximate surface area is 116 Å². The number of hydrogen-bond donors (Lipinski definition) is 2. The summed E-state index contributed by atoms with van der Waals surface area (Å²) in [7, 11) is 0. The highest BCUT2D eigenvalue weighted by atomic mass is 19.1. The molecule has 0 radical (unpaired) electrons. The van der Waals surface area contributed by atoms with Crippen LogP contribution in [0.3, 0.4) is 0 Å². The van der Waals surface area contributed by atoms with E-state index in [0.29, 0.717) is 5.56 Å². The Balaban J connectivity index is 2.68. The number of carboxylic acids is 1. The van der Waals surface area contributed by atoms with Gasteiger partial charge in [0, 0.05) is 6.42 Å². The van der Waals surface area contributed by atoms with E-state index < -0.39 is 23.5 Å². The van der Waals surface area contributed by atoms with Gasteiger partial charge in [0.25, 0.3) is 0 Å². The first kappa shape index (κ1) is 15.9. The number of aryl methyl sites for hydroxylation is 1. The molecule has 0 atom stereocenters. The fraction of sp³-hybridized carbons (Fsp3) is 0.429. The molecule has 1 amide bonds. The van der Waals surface area contributed by atoms with Gasteiger partial charge in [-0.3, -0.25) is 10.1 Å². The Hall–Kier alpha value is -2.11. The molecule has 0 bridgehead atoms. The first-order chi connectivity index (χ1) is 9.17. The van der Waals surface area contributed by atoms with Crippen molar-refractivity contribution in [3.63, 3.8) is 0 Å². The van der Waals surface area contributed by atoms with Crippen molar-refractivity contribution in [3.8, 4) is 0 Å². The van der Waals surface area contributed by atoms with Crippen molar-refractivity contribution < 1.29 is 23.8 Å². The number of carboxylic acid groups (broad SMARTS) is 1. The van der Waals surface area contributed by atoms with Crippen LogP contribution in [0.2, 0.25) is 0 Å². The number of rotatable bonds is 4. The molecule has 0 saturated heterocycles. The van der Waals surface area contributed by atoms with Crippen molar-refractivity contribution in [1.82, 2.24) is 0 Å². The van der Waals surface area contributed by atoms with Crippen LogP contribution in [0, 0.1) is 5.82 Å². The van der Waals surface area contributed by atoms with E-state index in [-0.39, 0.29) is 18.5 Å². The average Bonchev–Trinajstić information content (AvgIpc) is 2.27. The zero-order valence-electron chi connectivity index (χ0n) is 11.7. The second-order valence-corrected chi connectivity index (χ2v) is 5.33. The van der Waals surface area contributed by atoms with E-state index in [2.05, 4.69) is 5.32 Å². The third kappa shape index (κ3) is 5.69. The number of nitrogens with one attached hydrogen (secondary N) is 1. The highest BCUT2D eigenvalue weighted by Crippen LogP contribution is 2.18. The van der Waals surface area contributed by atoms with Crippen molar-refractivity contribution in [2.75, 3.05) is 5.32 Å². The minimum absolute atomic E-state index is 0.00155. The molecule has 0 unspecified atom stereocenters. The van der Waals surface area contributed by atoms with Gasteiger partial charge in [0.05, 0.1) is 5.69 Å². The molecule has 110 valence electrons. The second kappa shape index (κ2) is 6.36. The summed E-state index contributed by atoms with van der Waals surface area (Å²) in [4.78, 5) is 21.9. The zero-order chi connectivity index (χ0) is 15.3. The molecule has 6 heteroatoms. The highest BCUT2D eigenvalue weighted by Gasteiger charge is 2.17. The lowest BCUT2D eigenvalue weighted by Crippen LogP contribution is -2.27. The van der Waals surface area contributed by atoms with Gasteiger partial charge in [0.1, 0.15) is 11.4 Å². The number of anilines is 1. The summed E-state index contributed by atoms with van der Waals surface area (Å²) in [5, 5.41) is 10.9. The summed E-state index contributed by atoms with van der Waals surface area (Å²) < 4.78 is 18.8. The van der Waals surface area contributed by atoms with Crippen LogP contribution in [0.4, 0.5) is 14.9 Å². The molecule has 0 aliphatic heterocycles. The zero-order valence-corrected chi connectivity index (χ0v) is 11.7. The van der Waals surface area contributed by atoms with Crippen molar-refractivity contribution in [2.45, 2.75) is 39.2 Å². The summed E-state index contributed by atoms with van der Waals surface area (Å²) in [6.07, 6.45) is -0.577. The standard InChI is InChI=1S/C14H18FNO4/c1-14(2,3)20-13(19)16-11-6-4-9(8-10(11)15)5-7-12(17)18/h4,6,8H,5,7H2,1-3H3,(H,16,19)(H,17,18). The maximum absolute atomic E-state index is 13.8. The fourth-order valence-electron chi connectivity index (χ4n) is 1.48. The molecule has 0 aliphatic rings. The maximum atomic E-state index is 13.8. The van der Waals surface area contributed by atoms with Gasteiger partial charge in [-0.05, 0) is 44.9 Å². The van der Waals surface area contributed by atoms with Crippen molar-refractivity contribution in [3.05, 3.63) is 29.6 Å². The van der Waals surface area contributed by atoms with Crippen LogP contribution in [0.15, 0.2) is 18.2 Å². The van der Waals surface area contributed by atoms with E-state index in [4.69, 9.17) is 9.84 Å².